The fraction of sp³-hybridized carbons (Fsp3) is 0.652. The van der Waals surface area contributed by atoms with Crippen molar-refractivity contribution in [2.24, 2.45) is 5.92 Å². The number of nitrogens with zero attached hydrogens (tertiary/aromatic N) is 2. The van der Waals surface area contributed by atoms with Crippen molar-refractivity contribution in [2.75, 3.05) is 32.8 Å². The van der Waals surface area contributed by atoms with Crippen LogP contribution in [0.1, 0.15) is 57.3 Å². The van der Waals surface area contributed by atoms with Gasteiger partial charge in [0.15, 0.2) is 5.78 Å². The van der Waals surface area contributed by atoms with Gasteiger partial charge in [0, 0.05) is 43.7 Å². The molecule has 0 aromatic heterocycles. The molecule has 1 unspecified atom stereocenters. The fourth-order valence-corrected chi connectivity index (χ4v) is 3.50. The number of rotatable bonds is 7. The molecule has 1 atom stereocenters. The molecule has 1 heterocycles. The smallest absolute Gasteiger partial charge is 0.410 e. The van der Waals surface area contributed by atoms with Gasteiger partial charge in [0.1, 0.15) is 11.4 Å². The molecule has 6 nitrogen and oxygen atoms in total. The number of hydrogen-bond donors (Lipinski definition) is 0. The predicted octanol–water partition coefficient (Wildman–Crippen LogP) is 3.99. The van der Waals surface area contributed by atoms with E-state index in [0.717, 1.165) is 43.7 Å². The van der Waals surface area contributed by atoms with Gasteiger partial charge in [-0.25, -0.2) is 4.79 Å². The number of benzene rings is 1. The third-order valence-corrected chi connectivity index (χ3v) is 5.48. The van der Waals surface area contributed by atoms with Crippen molar-refractivity contribution in [3.63, 3.8) is 0 Å². The average molecular weight is 403 g/mol. The van der Waals surface area contributed by atoms with Crippen LogP contribution in [0.4, 0.5) is 4.79 Å². The van der Waals surface area contributed by atoms with Crippen LogP contribution in [0.3, 0.4) is 0 Å². The zero-order chi connectivity index (χ0) is 21.0. The Morgan fingerprint density at radius 3 is 2.24 bits per heavy atom. The Morgan fingerprint density at radius 1 is 1.07 bits per heavy atom. The number of carbonyl (C=O) groups excluding carboxylic acids is 2. The van der Waals surface area contributed by atoms with Gasteiger partial charge < -0.3 is 14.4 Å². The summed E-state index contributed by atoms with van der Waals surface area (Å²) >= 11 is 0. The lowest BCUT2D eigenvalue weighted by molar-refractivity contribution is 0.0101. The van der Waals surface area contributed by atoms with Gasteiger partial charge in [-0.2, -0.15) is 0 Å². The molecule has 0 N–H and O–H groups in total. The summed E-state index contributed by atoms with van der Waals surface area (Å²) in [6.07, 6.45) is 2.74. The van der Waals surface area contributed by atoms with Gasteiger partial charge >= 0.3 is 6.09 Å². The van der Waals surface area contributed by atoms with Crippen molar-refractivity contribution < 1.29 is 19.1 Å². The van der Waals surface area contributed by atoms with Crippen molar-refractivity contribution in [3.05, 3.63) is 29.8 Å². The minimum Gasteiger partial charge on any atom is -0.494 e. The number of carbonyl (C=O) groups is 2. The highest BCUT2D eigenvalue weighted by molar-refractivity contribution is 5.99. The maximum atomic E-state index is 12.2. The highest BCUT2D eigenvalue weighted by Crippen LogP contribution is 2.32. The number of Topliss-reactive ketones (excluding diaryl/α,β-unsaturated/α-hetero) is 1. The van der Waals surface area contributed by atoms with Crippen LogP contribution in [-0.2, 0) is 4.74 Å². The van der Waals surface area contributed by atoms with Crippen LogP contribution >= 0.6 is 0 Å². The largest absolute Gasteiger partial charge is 0.494 e. The van der Waals surface area contributed by atoms with E-state index in [4.69, 9.17) is 9.47 Å². The molecule has 0 bridgehead atoms. The Hall–Kier alpha value is -2.08. The van der Waals surface area contributed by atoms with Gasteiger partial charge in [-0.05, 0) is 71.2 Å². The Bertz CT molecular complexity index is 699. The van der Waals surface area contributed by atoms with E-state index in [9.17, 15) is 9.59 Å². The lowest BCUT2D eigenvalue weighted by atomic mass is 10.1. The Labute approximate surface area is 174 Å². The van der Waals surface area contributed by atoms with E-state index >= 15 is 0 Å². The molecule has 1 aromatic carbocycles. The van der Waals surface area contributed by atoms with Crippen molar-refractivity contribution in [1.29, 1.82) is 0 Å². The minimum absolute atomic E-state index is 0.225. The van der Waals surface area contributed by atoms with E-state index in [1.54, 1.807) is 4.90 Å². The summed E-state index contributed by atoms with van der Waals surface area (Å²) in [5.41, 5.74) is 0.332. The average Bonchev–Trinajstić information content (AvgIpc) is 3.52. The van der Waals surface area contributed by atoms with Crippen LogP contribution in [0.25, 0.3) is 0 Å². The topological polar surface area (TPSA) is 59.1 Å². The first-order valence-electron chi connectivity index (χ1n) is 10.7. The number of piperazine rings is 1. The molecular formula is C23H34N2O4. The summed E-state index contributed by atoms with van der Waals surface area (Å²) in [5.74, 6) is 1.31. The Morgan fingerprint density at radius 2 is 1.69 bits per heavy atom. The Balaban J connectivity index is 1.36. The number of ketones is 1. The highest BCUT2D eigenvalue weighted by atomic mass is 16.6. The van der Waals surface area contributed by atoms with E-state index in [2.05, 4.69) is 11.8 Å². The second-order valence-corrected chi connectivity index (χ2v) is 9.15. The molecule has 160 valence electrons. The first-order chi connectivity index (χ1) is 13.7. The van der Waals surface area contributed by atoms with Crippen LogP contribution < -0.4 is 4.74 Å². The molecule has 29 heavy (non-hydrogen) atoms. The SMILES string of the molecule is CC(CCOc1ccc(C(=O)C2CC2)cc1)N1CCN(C(=O)OC(C)(C)C)CC1. The van der Waals surface area contributed by atoms with Crippen molar-refractivity contribution >= 4 is 11.9 Å². The van der Waals surface area contributed by atoms with Crippen LogP contribution in [0.5, 0.6) is 5.75 Å². The van der Waals surface area contributed by atoms with Gasteiger partial charge in [-0.15, -0.1) is 0 Å². The second-order valence-electron chi connectivity index (χ2n) is 9.15. The van der Waals surface area contributed by atoms with Crippen LogP contribution in [-0.4, -0.2) is 66.1 Å². The van der Waals surface area contributed by atoms with Gasteiger partial charge in [0.05, 0.1) is 6.61 Å². The van der Waals surface area contributed by atoms with Gasteiger partial charge in [-0.3, -0.25) is 9.69 Å². The molecule has 6 heteroatoms. The molecule has 3 rings (SSSR count). The highest BCUT2D eigenvalue weighted by Gasteiger charge is 2.30. The van der Waals surface area contributed by atoms with Gasteiger partial charge in [0.25, 0.3) is 0 Å². The van der Waals surface area contributed by atoms with Crippen molar-refractivity contribution in [1.82, 2.24) is 9.80 Å². The van der Waals surface area contributed by atoms with Crippen molar-refractivity contribution in [2.45, 2.75) is 58.6 Å². The van der Waals surface area contributed by atoms with Crippen LogP contribution in [0, 0.1) is 5.92 Å². The molecule has 1 saturated heterocycles. The van der Waals surface area contributed by atoms with E-state index in [1.807, 2.05) is 45.0 Å². The zero-order valence-electron chi connectivity index (χ0n) is 18.1. The number of amides is 1. The first-order valence-corrected chi connectivity index (χ1v) is 10.7. The molecule has 1 saturated carbocycles. The van der Waals surface area contributed by atoms with Gasteiger partial charge in [-0.1, -0.05) is 0 Å². The molecule has 1 aliphatic carbocycles. The van der Waals surface area contributed by atoms with E-state index < -0.39 is 5.60 Å². The maximum absolute atomic E-state index is 12.2. The molecule has 2 aliphatic rings. The van der Waals surface area contributed by atoms with E-state index in [0.29, 0.717) is 25.7 Å². The van der Waals surface area contributed by atoms with E-state index in [-0.39, 0.29) is 17.8 Å². The lowest BCUT2D eigenvalue weighted by Gasteiger charge is -2.38. The first kappa shape index (κ1) is 21.6. The minimum atomic E-state index is -0.456. The van der Waals surface area contributed by atoms with Crippen molar-refractivity contribution in [3.8, 4) is 5.75 Å². The van der Waals surface area contributed by atoms with Crippen LogP contribution in [0.15, 0.2) is 24.3 Å². The summed E-state index contributed by atoms with van der Waals surface area (Å²) in [6, 6.07) is 7.90. The zero-order valence-corrected chi connectivity index (χ0v) is 18.1. The molecular weight excluding hydrogens is 368 g/mol. The third-order valence-electron chi connectivity index (χ3n) is 5.48. The summed E-state index contributed by atoms with van der Waals surface area (Å²) in [7, 11) is 0. The standard InChI is InChI=1S/C23H34N2O4/c1-17(24-12-14-25(15-13-24)22(27)29-23(2,3)4)11-16-28-20-9-7-19(8-10-20)21(26)18-5-6-18/h7-10,17-18H,5-6,11-16H2,1-4H3. The van der Waals surface area contributed by atoms with E-state index in [1.165, 1.54) is 0 Å². The molecule has 0 spiro atoms. The Kier molecular flexibility index (Phi) is 6.83. The fourth-order valence-electron chi connectivity index (χ4n) is 3.50. The summed E-state index contributed by atoms with van der Waals surface area (Å²) in [4.78, 5) is 28.4. The molecule has 2 fully saturated rings. The van der Waals surface area contributed by atoms with Crippen LogP contribution in [0.2, 0.25) is 0 Å². The monoisotopic (exact) mass is 402 g/mol. The third kappa shape index (κ3) is 6.46. The molecule has 0 radical (unpaired) electrons. The quantitative estimate of drug-likeness (QED) is 0.646. The summed E-state index contributed by atoms with van der Waals surface area (Å²) in [6.45, 7) is 11.6. The summed E-state index contributed by atoms with van der Waals surface area (Å²) in [5, 5.41) is 0. The predicted molar refractivity (Wildman–Crippen MR) is 112 cm³/mol. The number of hydrogen-bond acceptors (Lipinski definition) is 5. The van der Waals surface area contributed by atoms with Gasteiger partial charge in [0.2, 0.25) is 0 Å². The normalized spacial score (nSPS) is 19.0. The molecule has 1 aromatic rings. The summed E-state index contributed by atoms with van der Waals surface area (Å²) < 4.78 is 11.3. The lowest BCUT2D eigenvalue weighted by Crippen LogP contribution is -2.52. The maximum Gasteiger partial charge on any atom is 0.410 e. The molecule has 1 amide bonds. The second kappa shape index (κ2) is 9.16. The molecule has 1 aliphatic heterocycles. The number of ether oxygens (including phenoxy) is 2.